The Kier molecular flexibility index (Phi) is 4.17. The van der Waals surface area contributed by atoms with E-state index >= 15 is 0 Å². The van der Waals surface area contributed by atoms with Crippen LogP contribution in [0.2, 0.25) is 0 Å². The minimum absolute atomic E-state index is 0.236. The molecule has 0 radical (unpaired) electrons. The molecule has 4 heteroatoms. The Labute approximate surface area is 141 Å². The molecule has 1 aromatic heterocycles. The van der Waals surface area contributed by atoms with E-state index in [0.717, 1.165) is 33.7 Å². The van der Waals surface area contributed by atoms with Crippen molar-refractivity contribution in [2.45, 2.75) is 6.92 Å². The quantitative estimate of drug-likeness (QED) is 0.786. The van der Waals surface area contributed by atoms with Gasteiger partial charge in [-0.1, -0.05) is 42.5 Å². The van der Waals surface area contributed by atoms with Gasteiger partial charge < -0.3 is 10.5 Å². The smallest absolute Gasteiger partial charge is 0.142 e. The summed E-state index contributed by atoms with van der Waals surface area (Å²) in [6.07, 6.45) is 0. The molecular formula is C20H17N3O. The number of hydrogen-bond acceptors (Lipinski definition) is 4. The van der Waals surface area contributed by atoms with E-state index in [1.165, 1.54) is 0 Å². The monoisotopic (exact) mass is 315 g/mol. The minimum Gasteiger partial charge on any atom is -0.497 e. The minimum atomic E-state index is 0.236. The number of nitriles is 1. The normalized spacial score (nSPS) is 10.2. The van der Waals surface area contributed by atoms with Crippen LogP contribution < -0.4 is 10.5 Å². The second kappa shape index (κ2) is 6.43. The van der Waals surface area contributed by atoms with Crippen LogP contribution in [-0.4, -0.2) is 12.1 Å². The molecule has 0 spiro atoms. The maximum atomic E-state index is 9.57. The van der Waals surface area contributed by atoms with E-state index in [1.54, 1.807) is 7.11 Å². The lowest BCUT2D eigenvalue weighted by molar-refractivity contribution is 0.415. The SMILES string of the molecule is COc1cccc(-c2c(C)c(-c3ccccc3)nc(N)c2C#N)c1. The summed E-state index contributed by atoms with van der Waals surface area (Å²) in [6.45, 7) is 1.96. The van der Waals surface area contributed by atoms with Crippen molar-refractivity contribution < 1.29 is 4.74 Å². The first-order valence-corrected chi connectivity index (χ1v) is 7.55. The van der Waals surface area contributed by atoms with Gasteiger partial charge in [0.25, 0.3) is 0 Å². The highest BCUT2D eigenvalue weighted by atomic mass is 16.5. The van der Waals surface area contributed by atoms with E-state index in [9.17, 15) is 5.26 Å². The van der Waals surface area contributed by atoms with Crippen molar-refractivity contribution in [3.8, 4) is 34.2 Å². The fourth-order valence-electron chi connectivity index (χ4n) is 2.82. The predicted octanol–water partition coefficient (Wildman–Crippen LogP) is 4.19. The Hall–Kier alpha value is -3.32. The van der Waals surface area contributed by atoms with Gasteiger partial charge >= 0.3 is 0 Å². The largest absolute Gasteiger partial charge is 0.497 e. The maximum absolute atomic E-state index is 9.57. The zero-order valence-corrected chi connectivity index (χ0v) is 13.6. The average Bonchev–Trinajstić information content (AvgIpc) is 2.63. The standard InChI is InChI=1S/C20H17N3O/c1-13-18(15-9-6-10-16(11-15)24-2)17(12-21)20(22)23-19(13)14-7-4-3-5-8-14/h3-11H,1-2H3,(H2,22,23). The Morgan fingerprint density at radius 1 is 1.04 bits per heavy atom. The number of hydrogen-bond donors (Lipinski definition) is 1. The van der Waals surface area contributed by atoms with E-state index in [2.05, 4.69) is 11.1 Å². The number of benzene rings is 2. The molecule has 4 nitrogen and oxygen atoms in total. The van der Waals surface area contributed by atoms with Gasteiger partial charge in [0.1, 0.15) is 23.2 Å². The summed E-state index contributed by atoms with van der Waals surface area (Å²) in [5, 5.41) is 9.57. The van der Waals surface area contributed by atoms with Gasteiger partial charge in [0, 0.05) is 11.1 Å². The maximum Gasteiger partial charge on any atom is 0.142 e. The van der Waals surface area contributed by atoms with Crippen LogP contribution >= 0.6 is 0 Å². The molecule has 24 heavy (non-hydrogen) atoms. The van der Waals surface area contributed by atoms with Crippen molar-refractivity contribution >= 4 is 5.82 Å². The third-order valence-corrected chi connectivity index (χ3v) is 3.99. The summed E-state index contributed by atoms with van der Waals surface area (Å²) in [5.41, 5.74) is 10.8. The van der Waals surface area contributed by atoms with Crippen molar-refractivity contribution in [2.24, 2.45) is 0 Å². The van der Waals surface area contributed by atoms with Crippen LogP contribution in [-0.2, 0) is 0 Å². The topological polar surface area (TPSA) is 71.9 Å². The number of methoxy groups -OCH3 is 1. The van der Waals surface area contributed by atoms with Crippen LogP contribution in [0, 0.1) is 18.3 Å². The summed E-state index contributed by atoms with van der Waals surface area (Å²) in [7, 11) is 1.62. The summed E-state index contributed by atoms with van der Waals surface area (Å²) < 4.78 is 5.31. The van der Waals surface area contributed by atoms with E-state index in [4.69, 9.17) is 10.5 Å². The Balaban J connectivity index is 2.32. The first-order chi connectivity index (χ1) is 11.7. The highest BCUT2D eigenvalue weighted by Crippen LogP contribution is 2.36. The summed E-state index contributed by atoms with van der Waals surface area (Å²) in [5.74, 6) is 0.965. The number of ether oxygens (including phenoxy) is 1. The van der Waals surface area contributed by atoms with Crippen molar-refractivity contribution in [1.29, 1.82) is 5.26 Å². The molecule has 0 aliphatic heterocycles. The molecule has 0 fully saturated rings. The molecule has 0 amide bonds. The number of nitrogens with two attached hydrogens (primary N) is 1. The van der Waals surface area contributed by atoms with E-state index in [-0.39, 0.29) is 5.82 Å². The molecule has 1 heterocycles. The molecule has 0 bridgehead atoms. The summed E-state index contributed by atoms with van der Waals surface area (Å²) >= 11 is 0. The van der Waals surface area contributed by atoms with Gasteiger partial charge in [0.2, 0.25) is 0 Å². The van der Waals surface area contributed by atoms with E-state index < -0.39 is 0 Å². The molecule has 0 unspecified atom stereocenters. The zero-order valence-electron chi connectivity index (χ0n) is 13.6. The van der Waals surface area contributed by atoms with Crippen molar-refractivity contribution in [3.05, 3.63) is 65.7 Å². The van der Waals surface area contributed by atoms with Gasteiger partial charge in [-0.25, -0.2) is 4.98 Å². The van der Waals surface area contributed by atoms with Gasteiger partial charge in [-0.15, -0.1) is 0 Å². The molecule has 0 aliphatic rings. The van der Waals surface area contributed by atoms with Crippen LogP contribution in [0.15, 0.2) is 54.6 Å². The second-order valence-corrected chi connectivity index (χ2v) is 5.43. The zero-order chi connectivity index (χ0) is 17.1. The Bertz CT molecular complexity index is 928. The molecule has 2 aromatic carbocycles. The first-order valence-electron chi connectivity index (χ1n) is 7.55. The first kappa shape index (κ1) is 15.6. The summed E-state index contributed by atoms with van der Waals surface area (Å²) in [6, 6.07) is 19.6. The lowest BCUT2D eigenvalue weighted by Crippen LogP contribution is -2.03. The van der Waals surface area contributed by atoms with Gasteiger partial charge in [-0.2, -0.15) is 5.26 Å². The molecular weight excluding hydrogens is 298 g/mol. The fraction of sp³-hybridized carbons (Fsp3) is 0.100. The van der Waals surface area contributed by atoms with Crippen LogP contribution in [0.25, 0.3) is 22.4 Å². The number of nitrogen functional groups attached to an aromatic ring is 1. The van der Waals surface area contributed by atoms with Crippen LogP contribution in [0.1, 0.15) is 11.1 Å². The van der Waals surface area contributed by atoms with E-state index in [1.807, 2.05) is 61.5 Å². The fourth-order valence-corrected chi connectivity index (χ4v) is 2.82. The highest BCUT2D eigenvalue weighted by molar-refractivity contribution is 5.84. The van der Waals surface area contributed by atoms with Crippen LogP contribution in [0.3, 0.4) is 0 Å². The number of nitrogens with zero attached hydrogens (tertiary/aromatic N) is 2. The lowest BCUT2D eigenvalue weighted by Gasteiger charge is -2.15. The molecule has 0 atom stereocenters. The molecule has 0 aliphatic carbocycles. The number of anilines is 1. The molecule has 0 saturated heterocycles. The molecule has 3 aromatic rings. The van der Waals surface area contributed by atoms with Gasteiger partial charge in [0.15, 0.2) is 0 Å². The third-order valence-electron chi connectivity index (χ3n) is 3.99. The average molecular weight is 315 g/mol. The van der Waals surface area contributed by atoms with Gasteiger partial charge in [-0.05, 0) is 30.2 Å². The predicted molar refractivity (Wildman–Crippen MR) is 95.5 cm³/mol. The summed E-state index contributed by atoms with van der Waals surface area (Å²) in [4.78, 5) is 4.47. The second-order valence-electron chi connectivity index (χ2n) is 5.43. The Morgan fingerprint density at radius 3 is 2.42 bits per heavy atom. The van der Waals surface area contributed by atoms with Gasteiger partial charge in [0.05, 0.1) is 12.8 Å². The highest BCUT2D eigenvalue weighted by Gasteiger charge is 2.18. The Morgan fingerprint density at radius 2 is 1.75 bits per heavy atom. The third kappa shape index (κ3) is 2.68. The molecule has 3 rings (SSSR count). The molecule has 2 N–H and O–H groups in total. The lowest BCUT2D eigenvalue weighted by atomic mass is 9.93. The van der Waals surface area contributed by atoms with Crippen molar-refractivity contribution in [2.75, 3.05) is 12.8 Å². The van der Waals surface area contributed by atoms with E-state index in [0.29, 0.717) is 5.56 Å². The molecule has 0 saturated carbocycles. The van der Waals surface area contributed by atoms with Crippen molar-refractivity contribution in [1.82, 2.24) is 4.98 Å². The number of aromatic nitrogens is 1. The molecule has 118 valence electrons. The van der Waals surface area contributed by atoms with Crippen LogP contribution in [0.5, 0.6) is 5.75 Å². The number of rotatable bonds is 3. The van der Waals surface area contributed by atoms with Crippen LogP contribution in [0.4, 0.5) is 5.82 Å². The van der Waals surface area contributed by atoms with Gasteiger partial charge in [-0.3, -0.25) is 0 Å². The number of pyridine rings is 1. The van der Waals surface area contributed by atoms with Crippen molar-refractivity contribution in [3.63, 3.8) is 0 Å².